The number of anilines is 1. The smallest absolute Gasteiger partial charge is 0.195 e. The maximum Gasteiger partial charge on any atom is 0.195 e. The van der Waals surface area contributed by atoms with Crippen LogP contribution in [0.2, 0.25) is 0 Å². The van der Waals surface area contributed by atoms with E-state index in [0.717, 1.165) is 30.4 Å². The minimum absolute atomic E-state index is 0.669. The number of fused-ring (bicyclic) bond motifs is 1. The van der Waals surface area contributed by atoms with Gasteiger partial charge < -0.3 is 10.2 Å². The standard InChI is InChI=1S/C15H26N4S/c1-5-6-7-18(4)14-13(11-16-10-12(2)3)19-8-9-20-15(19)17-14/h8-9,12,16H,5-7,10-11H2,1-4H3. The van der Waals surface area contributed by atoms with Crippen LogP contribution in [0.3, 0.4) is 0 Å². The molecule has 0 unspecified atom stereocenters. The molecular formula is C15H26N4S. The third kappa shape index (κ3) is 3.52. The lowest BCUT2D eigenvalue weighted by Gasteiger charge is -2.18. The van der Waals surface area contributed by atoms with Crippen molar-refractivity contribution in [2.45, 2.75) is 40.2 Å². The number of aromatic nitrogens is 2. The molecule has 2 heterocycles. The molecule has 1 N–H and O–H groups in total. The van der Waals surface area contributed by atoms with Gasteiger partial charge in [0.2, 0.25) is 0 Å². The summed E-state index contributed by atoms with van der Waals surface area (Å²) < 4.78 is 2.22. The van der Waals surface area contributed by atoms with E-state index in [1.165, 1.54) is 18.5 Å². The molecule has 0 spiro atoms. The van der Waals surface area contributed by atoms with Crippen LogP contribution in [0.4, 0.5) is 5.82 Å². The number of hydrogen-bond donors (Lipinski definition) is 1. The molecule has 0 aliphatic carbocycles. The summed E-state index contributed by atoms with van der Waals surface area (Å²) in [5.41, 5.74) is 1.28. The number of imidazole rings is 1. The first-order valence-electron chi connectivity index (χ1n) is 7.49. The minimum atomic E-state index is 0.669. The molecule has 112 valence electrons. The fourth-order valence-corrected chi connectivity index (χ4v) is 3.00. The van der Waals surface area contributed by atoms with Crippen molar-refractivity contribution in [3.8, 4) is 0 Å². The second kappa shape index (κ2) is 7.09. The second-order valence-electron chi connectivity index (χ2n) is 5.74. The molecule has 0 amide bonds. The summed E-state index contributed by atoms with van der Waals surface area (Å²) in [5, 5.41) is 5.64. The highest BCUT2D eigenvalue weighted by Crippen LogP contribution is 2.24. The van der Waals surface area contributed by atoms with Crippen molar-refractivity contribution in [1.29, 1.82) is 0 Å². The van der Waals surface area contributed by atoms with Gasteiger partial charge in [-0.2, -0.15) is 0 Å². The lowest BCUT2D eigenvalue weighted by atomic mass is 10.2. The summed E-state index contributed by atoms with van der Waals surface area (Å²) in [5.74, 6) is 1.80. The molecule has 0 saturated heterocycles. The Labute approximate surface area is 125 Å². The van der Waals surface area contributed by atoms with Gasteiger partial charge in [0.15, 0.2) is 10.8 Å². The van der Waals surface area contributed by atoms with Gasteiger partial charge in [-0.25, -0.2) is 4.98 Å². The first-order valence-corrected chi connectivity index (χ1v) is 8.37. The third-order valence-corrected chi connectivity index (χ3v) is 4.15. The number of nitrogens with zero attached hydrogens (tertiary/aromatic N) is 3. The fraction of sp³-hybridized carbons (Fsp3) is 0.667. The van der Waals surface area contributed by atoms with Crippen LogP contribution >= 0.6 is 11.3 Å². The quantitative estimate of drug-likeness (QED) is 0.810. The maximum atomic E-state index is 4.79. The molecule has 20 heavy (non-hydrogen) atoms. The molecular weight excluding hydrogens is 268 g/mol. The van der Waals surface area contributed by atoms with E-state index in [-0.39, 0.29) is 0 Å². The largest absolute Gasteiger partial charge is 0.358 e. The Kier molecular flexibility index (Phi) is 5.43. The van der Waals surface area contributed by atoms with Crippen LogP contribution < -0.4 is 10.2 Å². The number of rotatable bonds is 8. The lowest BCUT2D eigenvalue weighted by molar-refractivity contribution is 0.547. The maximum absolute atomic E-state index is 4.79. The van der Waals surface area contributed by atoms with E-state index >= 15 is 0 Å². The highest BCUT2D eigenvalue weighted by Gasteiger charge is 2.16. The van der Waals surface area contributed by atoms with Crippen molar-refractivity contribution in [1.82, 2.24) is 14.7 Å². The Morgan fingerprint density at radius 3 is 2.95 bits per heavy atom. The molecule has 0 aliphatic rings. The van der Waals surface area contributed by atoms with Crippen LogP contribution in [-0.4, -0.2) is 29.5 Å². The number of thiazole rings is 1. The number of nitrogens with one attached hydrogen (secondary N) is 1. The highest BCUT2D eigenvalue weighted by atomic mass is 32.1. The van der Waals surface area contributed by atoms with Gasteiger partial charge in [0.25, 0.3) is 0 Å². The number of unbranched alkanes of at least 4 members (excludes halogenated alkanes) is 1. The minimum Gasteiger partial charge on any atom is -0.358 e. The first-order chi connectivity index (χ1) is 9.63. The van der Waals surface area contributed by atoms with E-state index in [1.54, 1.807) is 11.3 Å². The van der Waals surface area contributed by atoms with Crippen LogP contribution in [0.5, 0.6) is 0 Å². The van der Waals surface area contributed by atoms with Crippen LogP contribution in [0.15, 0.2) is 11.6 Å². The molecule has 0 aliphatic heterocycles. The summed E-state index contributed by atoms with van der Waals surface area (Å²) in [6, 6.07) is 0. The van der Waals surface area contributed by atoms with Crippen LogP contribution in [0, 0.1) is 5.92 Å². The molecule has 0 radical (unpaired) electrons. The molecule has 2 aromatic heterocycles. The number of hydrogen-bond acceptors (Lipinski definition) is 4. The zero-order valence-electron chi connectivity index (χ0n) is 13.0. The first kappa shape index (κ1) is 15.3. The summed E-state index contributed by atoms with van der Waals surface area (Å²) >= 11 is 1.70. The Morgan fingerprint density at radius 1 is 1.45 bits per heavy atom. The fourth-order valence-electron chi connectivity index (χ4n) is 2.27. The Bertz CT molecular complexity index is 529. The van der Waals surface area contributed by atoms with Crippen molar-refractivity contribution in [3.63, 3.8) is 0 Å². The van der Waals surface area contributed by atoms with E-state index in [4.69, 9.17) is 4.98 Å². The SMILES string of the molecule is CCCCN(C)c1nc2sccn2c1CNCC(C)C. The van der Waals surface area contributed by atoms with E-state index in [0.29, 0.717) is 5.92 Å². The molecule has 0 saturated carbocycles. The molecule has 5 heteroatoms. The third-order valence-electron chi connectivity index (χ3n) is 3.39. The van der Waals surface area contributed by atoms with Gasteiger partial charge in [-0.05, 0) is 18.9 Å². The highest BCUT2D eigenvalue weighted by molar-refractivity contribution is 7.15. The molecule has 0 aromatic carbocycles. The summed E-state index contributed by atoms with van der Waals surface area (Å²) in [4.78, 5) is 8.17. The Hall–Kier alpha value is -1.07. The summed E-state index contributed by atoms with van der Waals surface area (Å²) in [6.07, 6.45) is 4.55. The van der Waals surface area contributed by atoms with Gasteiger partial charge in [-0.1, -0.05) is 27.2 Å². The van der Waals surface area contributed by atoms with E-state index in [1.807, 2.05) is 0 Å². The topological polar surface area (TPSA) is 32.6 Å². The monoisotopic (exact) mass is 294 g/mol. The van der Waals surface area contributed by atoms with Crippen molar-refractivity contribution < 1.29 is 0 Å². The van der Waals surface area contributed by atoms with Crippen molar-refractivity contribution in [2.75, 3.05) is 25.0 Å². The summed E-state index contributed by atoms with van der Waals surface area (Å²) in [6.45, 7) is 9.68. The van der Waals surface area contributed by atoms with Crippen LogP contribution in [-0.2, 0) is 6.54 Å². The van der Waals surface area contributed by atoms with Crippen LogP contribution in [0.25, 0.3) is 4.96 Å². The predicted molar refractivity (Wildman–Crippen MR) is 87.8 cm³/mol. The van der Waals surface area contributed by atoms with Crippen molar-refractivity contribution in [3.05, 3.63) is 17.3 Å². The van der Waals surface area contributed by atoms with Gasteiger partial charge in [-0.15, -0.1) is 11.3 Å². The van der Waals surface area contributed by atoms with Crippen LogP contribution in [0.1, 0.15) is 39.3 Å². The average molecular weight is 294 g/mol. The van der Waals surface area contributed by atoms with Gasteiger partial charge >= 0.3 is 0 Å². The molecule has 0 fully saturated rings. The molecule has 2 aromatic rings. The molecule has 4 nitrogen and oxygen atoms in total. The van der Waals surface area contributed by atoms with Gasteiger partial charge in [0.1, 0.15) is 0 Å². The summed E-state index contributed by atoms with van der Waals surface area (Å²) in [7, 11) is 2.15. The van der Waals surface area contributed by atoms with Crippen molar-refractivity contribution in [2.24, 2.45) is 5.92 Å². The normalized spacial score (nSPS) is 11.7. The molecule has 0 bridgehead atoms. The predicted octanol–water partition coefficient (Wildman–Crippen LogP) is 3.38. The lowest BCUT2D eigenvalue weighted by Crippen LogP contribution is -2.24. The van der Waals surface area contributed by atoms with Crippen molar-refractivity contribution >= 4 is 22.1 Å². The van der Waals surface area contributed by atoms with Gasteiger partial charge in [0, 0.05) is 31.7 Å². The van der Waals surface area contributed by atoms with E-state index < -0.39 is 0 Å². The van der Waals surface area contributed by atoms with Gasteiger partial charge in [-0.3, -0.25) is 4.40 Å². The zero-order valence-corrected chi connectivity index (χ0v) is 13.8. The Balaban J connectivity index is 2.17. The van der Waals surface area contributed by atoms with Gasteiger partial charge in [0.05, 0.1) is 5.69 Å². The second-order valence-corrected chi connectivity index (χ2v) is 6.61. The Morgan fingerprint density at radius 2 is 2.25 bits per heavy atom. The molecule has 2 rings (SSSR count). The average Bonchev–Trinajstić information content (AvgIpc) is 2.97. The van der Waals surface area contributed by atoms with E-state index in [9.17, 15) is 0 Å². The molecule has 0 atom stereocenters. The van der Waals surface area contributed by atoms with E-state index in [2.05, 4.69) is 54.0 Å². The zero-order chi connectivity index (χ0) is 14.5.